The predicted molar refractivity (Wildman–Crippen MR) is 86.6 cm³/mol. The first-order chi connectivity index (χ1) is 9.81. The van der Waals surface area contributed by atoms with Gasteiger partial charge in [0.2, 0.25) is 0 Å². The average molecular weight is 268 g/mol. The van der Waals surface area contributed by atoms with E-state index in [-0.39, 0.29) is 0 Å². The Morgan fingerprint density at radius 3 is 2.25 bits per heavy atom. The number of unbranched alkanes of at least 4 members (excludes halogenated alkanes) is 2. The Morgan fingerprint density at radius 2 is 1.60 bits per heavy atom. The van der Waals surface area contributed by atoms with E-state index in [1.807, 2.05) is 6.07 Å². The first kappa shape index (κ1) is 14.8. The highest BCUT2D eigenvalue weighted by Crippen LogP contribution is 2.28. The summed E-state index contributed by atoms with van der Waals surface area (Å²) in [5.41, 5.74) is 3.58. The van der Waals surface area contributed by atoms with Gasteiger partial charge in [0, 0.05) is 5.56 Å². The Bertz CT molecular complexity index is 584. The van der Waals surface area contributed by atoms with Crippen LogP contribution in [0.15, 0.2) is 30.3 Å². The fourth-order valence-electron chi connectivity index (χ4n) is 2.88. The molecule has 1 heteroatoms. The predicted octanol–water partition coefficient (Wildman–Crippen LogP) is 5.34. The molecule has 0 N–H and O–H groups in total. The van der Waals surface area contributed by atoms with E-state index in [4.69, 9.17) is 0 Å². The molecule has 0 radical (unpaired) electrons. The van der Waals surface area contributed by atoms with Crippen LogP contribution in [0, 0.1) is 0 Å². The molecular weight excluding hydrogens is 244 g/mol. The number of carbonyl (C=O) groups excluding carboxylic acids is 1. The second kappa shape index (κ2) is 7.23. The van der Waals surface area contributed by atoms with Crippen molar-refractivity contribution in [2.75, 3.05) is 0 Å². The SMILES string of the molecule is CCCCc1c(C=O)cc2ccccc2c1CCCC. The van der Waals surface area contributed by atoms with Crippen molar-refractivity contribution < 1.29 is 4.79 Å². The molecule has 20 heavy (non-hydrogen) atoms. The van der Waals surface area contributed by atoms with Crippen molar-refractivity contribution in [1.82, 2.24) is 0 Å². The van der Waals surface area contributed by atoms with E-state index >= 15 is 0 Å². The molecule has 2 aromatic carbocycles. The zero-order valence-corrected chi connectivity index (χ0v) is 12.6. The lowest BCUT2D eigenvalue weighted by Crippen LogP contribution is -2.02. The van der Waals surface area contributed by atoms with Gasteiger partial charge < -0.3 is 0 Å². The first-order valence-corrected chi connectivity index (χ1v) is 7.80. The standard InChI is InChI=1S/C19H24O/c1-3-5-10-18-16(14-20)13-15-9-7-8-12-17(15)19(18)11-6-4-2/h7-9,12-14H,3-6,10-11H2,1-2H3. The van der Waals surface area contributed by atoms with Gasteiger partial charge in [0.1, 0.15) is 6.29 Å². The lowest BCUT2D eigenvalue weighted by Gasteiger charge is -2.15. The summed E-state index contributed by atoms with van der Waals surface area (Å²) in [4.78, 5) is 11.5. The maximum absolute atomic E-state index is 11.5. The molecule has 0 unspecified atom stereocenters. The topological polar surface area (TPSA) is 17.1 Å². The van der Waals surface area contributed by atoms with E-state index in [1.165, 1.54) is 41.2 Å². The van der Waals surface area contributed by atoms with Gasteiger partial charge in [-0.3, -0.25) is 4.79 Å². The molecule has 0 bridgehead atoms. The van der Waals surface area contributed by atoms with Crippen LogP contribution in [-0.4, -0.2) is 6.29 Å². The van der Waals surface area contributed by atoms with E-state index in [1.54, 1.807) is 0 Å². The van der Waals surface area contributed by atoms with E-state index in [0.29, 0.717) is 0 Å². The normalized spacial score (nSPS) is 10.9. The van der Waals surface area contributed by atoms with Crippen molar-refractivity contribution in [1.29, 1.82) is 0 Å². The highest BCUT2D eigenvalue weighted by Gasteiger charge is 2.12. The van der Waals surface area contributed by atoms with Gasteiger partial charge in [-0.1, -0.05) is 51.0 Å². The van der Waals surface area contributed by atoms with Crippen LogP contribution in [0.1, 0.15) is 61.0 Å². The van der Waals surface area contributed by atoms with Crippen molar-refractivity contribution in [2.24, 2.45) is 0 Å². The van der Waals surface area contributed by atoms with Crippen molar-refractivity contribution in [2.45, 2.75) is 52.4 Å². The summed E-state index contributed by atoms with van der Waals surface area (Å²) >= 11 is 0. The van der Waals surface area contributed by atoms with Crippen LogP contribution in [0.4, 0.5) is 0 Å². The van der Waals surface area contributed by atoms with Gasteiger partial charge in [-0.25, -0.2) is 0 Å². The van der Waals surface area contributed by atoms with Crippen LogP contribution in [0.5, 0.6) is 0 Å². The van der Waals surface area contributed by atoms with E-state index in [0.717, 1.165) is 31.1 Å². The van der Waals surface area contributed by atoms with Crippen molar-refractivity contribution >= 4 is 17.1 Å². The van der Waals surface area contributed by atoms with Gasteiger partial charge in [0.05, 0.1) is 0 Å². The summed E-state index contributed by atoms with van der Waals surface area (Å²) in [5, 5.41) is 2.53. The Labute approximate surface area is 122 Å². The van der Waals surface area contributed by atoms with Crippen LogP contribution in [-0.2, 0) is 12.8 Å². The minimum atomic E-state index is 0.892. The Balaban J connectivity index is 2.59. The van der Waals surface area contributed by atoms with Crippen molar-refractivity contribution in [3.8, 4) is 0 Å². The molecule has 2 aromatic rings. The van der Waals surface area contributed by atoms with Crippen LogP contribution >= 0.6 is 0 Å². The maximum Gasteiger partial charge on any atom is 0.150 e. The molecule has 0 heterocycles. The number of rotatable bonds is 7. The average Bonchev–Trinajstić information content (AvgIpc) is 2.50. The molecule has 0 atom stereocenters. The maximum atomic E-state index is 11.5. The van der Waals surface area contributed by atoms with E-state index in [2.05, 4.69) is 38.1 Å². The minimum Gasteiger partial charge on any atom is -0.298 e. The molecule has 0 spiro atoms. The molecule has 0 aliphatic carbocycles. The number of hydrogen-bond acceptors (Lipinski definition) is 1. The minimum absolute atomic E-state index is 0.892. The molecule has 0 amide bonds. The molecule has 0 aliphatic rings. The van der Waals surface area contributed by atoms with Crippen LogP contribution in [0.25, 0.3) is 10.8 Å². The number of hydrogen-bond donors (Lipinski definition) is 0. The third-order valence-corrected chi connectivity index (χ3v) is 4.00. The number of aldehydes is 1. The third kappa shape index (κ3) is 3.09. The van der Waals surface area contributed by atoms with Crippen LogP contribution in [0.3, 0.4) is 0 Å². The van der Waals surface area contributed by atoms with Gasteiger partial charge in [0.15, 0.2) is 0 Å². The highest BCUT2D eigenvalue weighted by molar-refractivity contribution is 5.93. The second-order valence-electron chi connectivity index (χ2n) is 5.47. The molecule has 1 nitrogen and oxygen atoms in total. The number of benzene rings is 2. The molecule has 0 saturated carbocycles. The lowest BCUT2D eigenvalue weighted by atomic mass is 9.89. The fraction of sp³-hybridized carbons (Fsp3) is 0.421. The van der Waals surface area contributed by atoms with E-state index in [9.17, 15) is 4.79 Å². The zero-order chi connectivity index (χ0) is 14.4. The van der Waals surface area contributed by atoms with Gasteiger partial charge in [-0.2, -0.15) is 0 Å². The van der Waals surface area contributed by atoms with Gasteiger partial charge in [-0.15, -0.1) is 0 Å². The molecule has 0 saturated heterocycles. The first-order valence-electron chi connectivity index (χ1n) is 7.80. The third-order valence-electron chi connectivity index (χ3n) is 4.00. The summed E-state index contributed by atoms with van der Waals surface area (Å²) in [6.07, 6.45) is 7.83. The summed E-state index contributed by atoms with van der Waals surface area (Å²) in [6, 6.07) is 10.5. The summed E-state index contributed by atoms with van der Waals surface area (Å²) in [5.74, 6) is 0. The Kier molecular flexibility index (Phi) is 5.34. The van der Waals surface area contributed by atoms with Gasteiger partial charge in [-0.05, 0) is 53.6 Å². The molecule has 0 aromatic heterocycles. The Hall–Kier alpha value is -1.63. The largest absolute Gasteiger partial charge is 0.298 e. The summed E-state index contributed by atoms with van der Waals surface area (Å²) in [7, 11) is 0. The molecular formula is C19H24O. The summed E-state index contributed by atoms with van der Waals surface area (Å²) < 4.78 is 0. The van der Waals surface area contributed by atoms with Gasteiger partial charge >= 0.3 is 0 Å². The lowest BCUT2D eigenvalue weighted by molar-refractivity contribution is 0.112. The summed E-state index contributed by atoms with van der Waals surface area (Å²) in [6.45, 7) is 4.42. The number of fused-ring (bicyclic) bond motifs is 1. The quantitative estimate of drug-likeness (QED) is 0.620. The molecule has 0 aliphatic heterocycles. The monoisotopic (exact) mass is 268 g/mol. The molecule has 0 fully saturated rings. The molecule has 106 valence electrons. The second-order valence-corrected chi connectivity index (χ2v) is 5.47. The fourth-order valence-corrected chi connectivity index (χ4v) is 2.88. The highest BCUT2D eigenvalue weighted by atomic mass is 16.1. The number of carbonyl (C=O) groups is 1. The zero-order valence-electron chi connectivity index (χ0n) is 12.6. The van der Waals surface area contributed by atoms with Crippen LogP contribution in [0.2, 0.25) is 0 Å². The number of aryl methyl sites for hydroxylation is 1. The Morgan fingerprint density at radius 1 is 0.950 bits per heavy atom. The van der Waals surface area contributed by atoms with Gasteiger partial charge in [0.25, 0.3) is 0 Å². The van der Waals surface area contributed by atoms with Crippen molar-refractivity contribution in [3.63, 3.8) is 0 Å². The van der Waals surface area contributed by atoms with Crippen molar-refractivity contribution in [3.05, 3.63) is 47.0 Å². The van der Waals surface area contributed by atoms with E-state index < -0.39 is 0 Å². The van der Waals surface area contributed by atoms with Crippen LogP contribution < -0.4 is 0 Å². The molecule has 2 rings (SSSR count). The smallest absolute Gasteiger partial charge is 0.150 e.